The molecule has 0 radical (unpaired) electrons. The second-order valence-electron chi connectivity index (χ2n) is 4.96. The molecule has 1 atom stereocenters. The standard InChI is InChI=1S/C13H18Cl2N2O3S/c14-12-4-3-11(8-13(12)15)21(19,20)17(6-7-18)9-10-2-1-5-16-10/h3-4,8,10,16,18H,1-2,5-7,9H2. The van der Waals surface area contributed by atoms with Crippen molar-refractivity contribution < 1.29 is 13.5 Å². The Kier molecular flexibility index (Phi) is 5.88. The van der Waals surface area contributed by atoms with Crippen LogP contribution in [0.2, 0.25) is 10.0 Å². The summed E-state index contributed by atoms with van der Waals surface area (Å²) < 4.78 is 26.6. The van der Waals surface area contributed by atoms with Gasteiger partial charge >= 0.3 is 0 Å². The van der Waals surface area contributed by atoms with Crippen LogP contribution in [-0.2, 0) is 10.0 Å². The van der Waals surface area contributed by atoms with Crippen molar-refractivity contribution in [3.05, 3.63) is 28.2 Å². The number of aliphatic hydroxyl groups is 1. The number of hydrogen-bond acceptors (Lipinski definition) is 4. The lowest BCUT2D eigenvalue weighted by Gasteiger charge is -2.24. The molecule has 0 aromatic heterocycles. The van der Waals surface area contributed by atoms with Crippen LogP contribution in [0.25, 0.3) is 0 Å². The molecule has 0 saturated carbocycles. The van der Waals surface area contributed by atoms with Crippen molar-refractivity contribution in [2.45, 2.75) is 23.8 Å². The van der Waals surface area contributed by atoms with Gasteiger partial charge < -0.3 is 10.4 Å². The maximum absolute atomic E-state index is 12.7. The summed E-state index contributed by atoms with van der Waals surface area (Å²) >= 11 is 11.7. The Morgan fingerprint density at radius 3 is 2.67 bits per heavy atom. The van der Waals surface area contributed by atoms with Crippen LogP contribution in [0.4, 0.5) is 0 Å². The Morgan fingerprint density at radius 1 is 1.33 bits per heavy atom. The van der Waals surface area contributed by atoms with Crippen molar-refractivity contribution in [1.82, 2.24) is 9.62 Å². The first-order chi connectivity index (χ1) is 9.95. The predicted molar refractivity (Wildman–Crippen MR) is 83.3 cm³/mol. The van der Waals surface area contributed by atoms with Crippen molar-refractivity contribution in [2.24, 2.45) is 0 Å². The van der Waals surface area contributed by atoms with Gasteiger partial charge in [-0.25, -0.2) is 8.42 Å². The first kappa shape index (κ1) is 17.0. The fourth-order valence-corrected chi connectivity index (χ4v) is 4.23. The van der Waals surface area contributed by atoms with Crippen LogP contribution in [0, 0.1) is 0 Å². The Hall–Kier alpha value is -0.370. The average molecular weight is 353 g/mol. The fraction of sp³-hybridized carbons (Fsp3) is 0.538. The molecular weight excluding hydrogens is 335 g/mol. The molecule has 1 unspecified atom stereocenters. The van der Waals surface area contributed by atoms with Gasteiger partial charge in [0, 0.05) is 19.1 Å². The van der Waals surface area contributed by atoms with Crippen molar-refractivity contribution >= 4 is 33.2 Å². The van der Waals surface area contributed by atoms with Crippen LogP contribution in [-0.4, -0.2) is 50.1 Å². The van der Waals surface area contributed by atoms with Gasteiger partial charge in [0.05, 0.1) is 21.5 Å². The van der Waals surface area contributed by atoms with Gasteiger partial charge in [0.25, 0.3) is 0 Å². The smallest absolute Gasteiger partial charge is 0.243 e. The molecule has 0 spiro atoms. The molecule has 0 bridgehead atoms. The SMILES string of the molecule is O=S(=O)(c1ccc(Cl)c(Cl)c1)N(CCO)CC1CCCN1. The number of nitrogens with zero attached hydrogens (tertiary/aromatic N) is 1. The molecule has 0 aliphatic carbocycles. The highest BCUT2D eigenvalue weighted by Gasteiger charge is 2.28. The van der Waals surface area contributed by atoms with E-state index in [1.807, 2.05) is 0 Å². The molecule has 2 N–H and O–H groups in total. The molecule has 5 nitrogen and oxygen atoms in total. The summed E-state index contributed by atoms with van der Waals surface area (Å²) in [6.45, 7) is 1.06. The predicted octanol–water partition coefficient (Wildman–Crippen LogP) is 1.73. The van der Waals surface area contributed by atoms with E-state index in [0.717, 1.165) is 19.4 Å². The average Bonchev–Trinajstić information content (AvgIpc) is 2.94. The highest BCUT2D eigenvalue weighted by atomic mass is 35.5. The largest absolute Gasteiger partial charge is 0.395 e. The molecule has 1 aromatic carbocycles. The first-order valence-electron chi connectivity index (χ1n) is 6.74. The molecule has 2 rings (SSSR count). The van der Waals surface area contributed by atoms with Crippen LogP contribution < -0.4 is 5.32 Å². The minimum Gasteiger partial charge on any atom is -0.395 e. The molecule has 21 heavy (non-hydrogen) atoms. The lowest BCUT2D eigenvalue weighted by atomic mass is 10.2. The van der Waals surface area contributed by atoms with Gasteiger partial charge in [0.15, 0.2) is 0 Å². The van der Waals surface area contributed by atoms with E-state index in [4.69, 9.17) is 28.3 Å². The van der Waals surface area contributed by atoms with Gasteiger partial charge in [-0.3, -0.25) is 0 Å². The van der Waals surface area contributed by atoms with Gasteiger partial charge in [0.2, 0.25) is 10.0 Å². The monoisotopic (exact) mass is 352 g/mol. The number of halogens is 2. The van der Waals surface area contributed by atoms with E-state index in [1.165, 1.54) is 22.5 Å². The summed E-state index contributed by atoms with van der Waals surface area (Å²) in [6.07, 6.45) is 1.96. The molecule has 1 saturated heterocycles. The maximum atomic E-state index is 12.7. The van der Waals surface area contributed by atoms with Crippen LogP contribution >= 0.6 is 23.2 Å². The summed E-state index contributed by atoms with van der Waals surface area (Å²) in [6, 6.07) is 4.35. The van der Waals surface area contributed by atoms with E-state index in [2.05, 4.69) is 5.32 Å². The van der Waals surface area contributed by atoms with Crippen molar-refractivity contribution in [2.75, 3.05) is 26.2 Å². The molecule has 1 heterocycles. The van der Waals surface area contributed by atoms with E-state index in [-0.39, 0.29) is 29.1 Å². The van der Waals surface area contributed by atoms with Gasteiger partial charge in [-0.15, -0.1) is 0 Å². The van der Waals surface area contributed by atoms with Crippen LogP contribution in [0.1, 0.15) is 12.8 Å². The minimum absolute atomic E-state index is 0.0563. The zero-order valence-electron chi connectivity index (χ0n) is 11.4. The van der Waals surface area contributed by atoms with Crippen LogP contribution in [0.3, 0.4) is 0 Å². The Morgan fingerprint density at radius 2 is 2.10 bits per heavy atom. The quantitative estimate of drug-likeness (QED) is 0.817. The van der Waals surface area contributed by atoms with Crippen LogP contribution in [0.15, 0.2) is 23.1 Å². The Bertz CT molecular complexity index is 589. The number of aliphatic hydroxyl groups excluding tert-OH is 1. The third-order valence-corrected chi connectivity index (χ3v) is 6.06. The highest BCUT2D eigenvalue weighted by Crippen LogP contribution is 2.26. The fourth-order valence-electron chi connectivity index (χ4n) is 2.37. The summed E-state index contributed by atoms with van der Waals surface area (Å²) in [5, 5.41) is 12.9. The normalized spacial score (nSPS) is 19.3. The van der Waals surface area contributed by atoms with Gasteiger partial charge in [0.1, 0.15) is 0 Å². The number of hydrogen-bond donors (Lipinski definition) is 2. The molecule has 118 valence electrons. The number of rotatable bonds is 6. The lowest BCUT2D eigenvalue weighted by molar-refractivity contribution is 0.246. The number of nitrogens with one attached hydrogen (secondary N) is 1. The summed E-state index contributed by atoms with van der Waals surface area (Å²) in [7, 11) is -3.70. The molecule has 1 aromatic rings. The summed E-state index contributed by atoms with van der Waals surface area (Å²) in [5.41, 5.74) is 0. The van der Waals surface area contributed by atoms with Gasteiger partial charge in [-0.2, -0.15) is 4.31 Å². The molecule has 0 amide bonds. The molecular formula is C13H18Cl2N2O3S. The first-order valence-corrected chi connectivity index (χ1v) is 8.94. The van der Waals surface area contributed by atoms with Gasteiger partial charge in [-0.05, 0) is 37.6 Å². The van der Waals surface area contributed by atoms with E-state index in [9.17, 15) is 8.42 Å². The van der Waals surface area contributed by atoms with Crippen LogP contribution in [0.5, 0.6) is 0 Å². The van der Waals surface area contributed by atoms with E-state index < -0.39 is 10.0 Å². The van der Waals surface area contributed by atoms with E-state index in [0.29, 0.717) is 11.6 Å². The van der Waals surface area contributed by atoms with Crippen molar-refractivity contribution in [3.8, 4) is 0 Å². The third kappa shape index (κ3) is 4.09. The molecule has 1 aliphatic rings. The van der Waals surface area contributed by atoms with E-state index >= 15 is 0 Å². The minimum atomic E-state index is -3.70. The number of benzene rings is 1. The Balaban J connectivity index is 2.25. The third-order valence-electron chi connectivity index (χ3n) is 3.46. The van der Waals surface area contributed by atoms with Crippen molar-refractivity contribution in [1.29, 1.82) is 0 Å². The molecule has 1 aliphatic heterocycles. The zero-order valence-corrected chi connectivity index (χ0v) is 13.8. The lowest BCUT2D eigenvalue weighted by Crippen LogP contribution is -2.42. The van der Waals surface area contributed by atoms with Crippen molar-refractivity contribution in [3.63, 3.8) is 0 Å². The maximum Gasteiger partial charge on any atom is 0.243 e. The van der Waals surface area contributed by atoms with Gasteiger partial charge in [-0.1, -0.05) is 23.2 Å². The summed E-state index contributed by atoms with van der Waals surface area (Å²) in [5.74, 6) is 0. The molecule has 8 heteroatoms. The second-order valence-corrected chi connectivity index (χ2v) is 7.71. The summed E-state index contributed by atoms with van der Waals surface area (Å²) in [4.78, 5) is 0.0864. The number of sulfonamides is 1. The second kappa shape index (κ2) is 7.26. The highest BCUT2D eigenvalue weighted by molar-refractivity contribution is 7.89. The zero-order chi connectivity index (χ0) is 15.5. The Labute approximate surface area is 134 Å². The van der Waals surface area contributed by atoms with E-state index in [1.54, 1.807) is 0 Å². The molecule has 1 fully saturated rings. The topological polar surface area (TPSA) is 69.6 Å².